The zero-order chi connectivity index (χ0) is 15.2. The summed E-state index contributed by atoms with van der Waals surface area (Å²) < 4.78 is 10.4. The Morgan fingerprint density at radius 2 is 1.86 bits per heavy atom. The number of amides is 1. The molecule has 21 heavy (non-hydrogen) atoms. The Morgan fingerprint density at radius 3 is 2.52 bits per heavy atom. The van der Waals surface area contributed by atoms with E-state index in [4.69, 9.17) is 15.2 Å². The van der Waals surface area contributed by atoms with E-state index < -0.39 is 0 Å². The van der Waals surface area contributed by atoms with Gasteiger partial charge in [0, 0.05) is 11.4 Å². The minimum absolute atomic E-state index is 0.118. The molecule has 0 aliphatic carbocycles. The number of carbonyl (C=O) groups is 1. The average Bonchev–Trinajstić information content (AvgIpc) is 2.47. The van der Waals surface area contributed by atoms with Gasteiger partial charge in [0.05, 0.1) is 20.6 Å². The number of ether oxygens (including phenoxy) is 2. The molecule has 2 aromatic rings. The highest BCUT2D eigenvalue weighted by Gasteiger charge is 2.08. The molecule has 0 atom stereocenters. The number of nitrogens with two attached hydrogens (primary N) is 1. The van der Waals surface area contributed by atoms with Crippen molar-refractivity contribution in [3.8, 4) is 11.5 Å². The van der Waals surface area contributed by atoms with Gasteiger partial charge in [0.25, 0.3) is 0 Å². The summed E-state index contributed by atoms with van der Waals surface area (Å²) in [7, 11) is 3.14. The summed E-state index contributed by atoms with van der Waals surface area (Å²) in [5.74, 6) is 1.12. The van der Waals surface area contributed by atoms with E-state index in [0.717, 1.165) is 5.56 Å². The van der Waals surface area contributed by atoms with Crippen molar-refractivity contribution in [2.45, 2.75) is 6.42 Å². The molecule has 0 radical (unpaired) electrons. The molecule has 0 heterocycles. The first-order valence-corrected chi connectivity index (χ1v) is 6.48. The van der Waals surface area contributed by atoms with Gasteiger partial charge in [-0.15, -0.1) is 0 Å². The number of carbonyl (C=O) groups excluding carboxylic acids is 1. The number of nitrogen functional groups attached to an aromatic ring is 1. The fraction of sp³-hybridized carbons (Fsp3) is 0.188. The highest BCUT2D eigenvalue weighted by atomic mass is 16.5. The molecule has 0 bridgehead atoms. The number of benzene rings is 2. The lowest BCUT2D eigenvalue weighted by atomic mass is 10.1. The quantitative estimate of drug-likeness (QED) is 0.828. The third-order valence-electron chi connectivity index (χ3n) is 2.98. The van der Waals surface area contributed by atoms with Crippen molar-refractivity contribution < 1.29 is 14.3 Å². The molecule has 0 saturated heterocycles. The van der Waals surface area contributed by atoms with Crippen LogP contribution in [0.5, 0.6) is 11.5 Å². The van der Waals surface area contributed by atoms with Crippen LogP contribution in [0.15, 0.2) is 42.5 Å². The average molecular weight is 286 g/mol. The van der Waals surface area contributed by atoms with Gasteiger partial charge in [-0.1, -0.05) is 12.1 Å². The Balaban J connectivity index is 2.06. The van der Waals surface area contributed by atoms with Gasteiger partial charge < -0.3 is 20.5 Å². The number of methoxy groups -OCH3 is 2. The Morgan fingerprint density at radius 1 is 1.10 bits per heavy atom. The van der Waals surface area contributed by atoms with E-state index in [1.807, 2.05) is 6.07 Å². The van der Waals surface area contributed by atoms with Crippen LogP contribution in [0.4, 0.5) is 11.4 Å². The van der Waals surface area contributed by atoms with Crippen LogP contribution in [0.25, 0.3) is 0 Å². The zero-order valence-corrected chi connectivity index (χ0v) is 12.1. The molecule has 0 unspecified atom stereocenters. The van der Waals surface area contributed by atoms with Crippen molar-refractivity contribution in [1.82, 2.24) is 0 Å². The monoisotopic (exact) mass is 286 g/mol. The topological polar surface area (TPSA) is 73.6 Å². The van der Waals surface area contributed by atoms with E-state index in [1.54, 1.807) is 50.6 Å². The molecule has 0 spiro atoms. The molecular formula is C16H18N2O3. The summed E-state index contributed by atoms with van der Waals surface area (Å²) in [6.45, 7) is 0. The molecule has 0 fully saturated rings. The predicted molar refractivity (Wildman–Crippen MR) is 82.7 cm³/mol. The molecular weight excluding hydrogens is 268 g/mol. The molecule has 0 aromatic heterocycles. The molecule has 1 amide bonds. The van der Waals surface area contributed by atoms with Crippen molar-refractivity contribution in [1.29, 1.82) is 0 Å². The Labute approximate surface area is 123 Å². The highest BCUT2D eigenvalue weighted by Crippen LogP contribution is 2.27. The van der Waals surface area contributed by atoms with Crippen molar-refractivity contribution in [2.75, 3.05) is 25.3 Å². The maximum absolute atomic E-state index is 12.0. The van der Waals surface area contributed by atoms with E-state index in [0.29, 0.717) is 22.9 Å². The fourth-order valence-electron chi connectivity index (χ4n) is 2.00. The Bertz CT molecular complexity index is 641. The molecule has 0 aliphatic rings. The third-order valence-corrected chi connectivity index (χ3v) is 2.98. The fourth-order valence-corrected chi connectivity index (χ4v) is 2.00. The van der Waals surface area contributed by atoms with E-state index >= 15 is 0 Å². The summed E-state index contributed by atoms with van der Waals surface area (Å²) in [5.41, 5.74) is 7.81. The second-order valence-corrected chi connectivity index (χ2v) is 4.54. The SMILES string of the molecule is COc1ccc(CC(=O)Nc2cccc(N)c2)cc1OC. The number of nitrogens with one attached hydrogen (secondary N) is 1. The van der Waals surface area contributed by atoms with E-state index in [2.05, 4.69) is 5.32 Å². The van der Waals surface area contributed by atoms with Gasteiger partial charge in [-0.2, -0.15) is 0 Å². The van der Waals surface area contributed by atoms with Crippen LogP contribution in [0.1, 0.15) is 5.56 Å². The predicted octanol–water partition coefficient (Wildman–Crippen LogP) is 2.47. The van der Waals surface area contributed by atoms with Gasteiger partial charge >= 0.3 is 0 Å². The van der Waals surface area contributed by atoms with Crippen LogP contribution >= 0.6 is 0 Å². The lowest BCUT2D eigenvalue weighted by molar-refractivity contribution is -0.115. The lowest BCUT2D eigenvalue weighted by Crippen LogP contribution is -2.14. The van der Waals surface area contributed by atoms with Gasteiger partial charge in [-0.25, -0.2) is 0 Å². The van der Waals surface area contributed by atoms with Gasteiger partial charge in [0.15, 0.2) is 11.5 Å². The minimum Gasteiger partial charge on any atom is -0.493 e. The molecule has 2 rings (SSSR count). The van der Waals surface area contributed by atoms with Gasteiger partial charge in [0.1, 0.15) is 0 Å². The molecule has 0 saturated carbocycles. The van der Waals surface area contributed by atoms with Gasteiger partial charge in [-0.05, 0) is 35.9 Å². The molecule has 3 N–H and O–H groups in total. The molecule has 110 valence electrons. The van der Waals surface area contributed by atoms with Crippen LogP contribution in [0.2, 0.25) is 0 Å². The minimum atomic E-state index is -0.118. The van der Waals surface area contributed by atoms with Crippen molar-refractivity contribution >= 4 is 17.3 Å². The van der Waals surface area contributed by atoms with Crippen molar-refractivity contribution in [3.63, 3.8) is 0 Å². The summed E-state index contributed by atoms with van der Waals surface area (Å²) in [6.07, 6.45) is 0.245. The summed E-state index contributed by atoms with van der Waals surface area (Å²) in [4.78, 5) is 12.0. The van der Waals surface area contributed by atoms with Crippen molar-refractivity contribution in [3.05, 3.63) is 48.0 Å². The second kappa shape index (κ2) is 6.65. The molecule has 0 aliphatic heterocycles. The summed E-state index contributed by atoms with van der Waals surface area (Å²) >= 11 is 0. The number of hydrogen-bond donors (Lipinski definition) is 2. The first-order valence-electron chi connectivity index (χ1n) is 6.48. The Hall–Kier alpha value is -2.69. The first-order chi connectivity index (χ1) is 10.1. The normalized spacial score (nSPS) is 10.0. The van der Waals surface area contributed by atoms with E-state index in [-0.39, 0.29) is 12.3 Å². The smallest absolute Gasteiger partial charge is 0.228 e. The van der Waals surface area contributed by atoms with E-state index in [9.17, 15) is 4.79 Å². The number of rotatable bonds is 5. The highest BCUT2D eigenvalue weighted by molar-refractivity contribution is 5.92. The van der Waals surface area contributed by atoms with Crippen LogP contribution in [-0.4, -0.2) is 20.1 Å². The van der Waals surface area contributed by atoms with Crippen molar-refractivity contribution in [2.24, 2.45) is 0 Å². The first kappa shape index (κ1) is 14.7. The third kappa shape index (κ3) is 3.89. The largest absolute Gasteiger partial charge is 0.493 e. The molecule has 5 heteroatoms. The molecule has 2 aromatic carbocycles. The second-order valence-electron chi connectivity index (χ2n) is 4.54. The van der Waals surface area contributed by atoms with Crippen LogP contribution < -0.4 is 20.5 Å². The maximum Gasteiger partial charge on any atom is 0.228 e. The van der Waals surface area contributed by atoms with Gasteiger partial charge in [0.2, 0.25) is 5.91 Å². The molecule has 5 nitrogen and oxygen atoms in total. The van der Waals surface area contributed by atoms with Crippen LogP contribution in [0.3, 0.4) is 0 Å². The van der Waals surface area contributed by atoms with E-state index in [1.165, 1.54) is 0 Å². The van der Waals surface area contributed by atoms with Crippen LogP contribution in [-0.2, 0) is 11.2 Å². The maximum atomic E-state index is 12.0. The van der Waals surface area contributed by atoms with Crippen LogP contribution in [0, 0.1) is 0 Å². The standard InChI is InChI=1S/C16H18N2O3/c1-20-14-7-6-11(8-15(14)21-2)9-16(19)18-13-5-3-4-12(17)10-13/h3-8,10H,9,17H2,1-2H3,(H,18,19). The number of anilines is 2. The van der Waals surface area contributed by atoms with Gasteiger partial charge in [-0.3, -0.25) is 4.79 Å². The Kier molecular flexibility index (Phi) is 4.66. The number of hydrogen-bond acceptors (Lipinski definition) is 4. The zero-order valence-electron chi connectivity index (χ0n) is 12.1. The lowest BCUT2D eigenvalue weighted by Gasteiger charge is -2.10. The summed E-state index contributed by atoms with van der Waals surface area (Å²) in [6, 6.07) is 12.5. The summed E-state index contributed by atoms with van der Waals surface area (Å²) in [5, 5.41) is 2.81.